The first-order chi connectivity index (χ1) is 7.27. The standard InChI is InChI=1S/C9H10N6/c1-14-9(10)15(13-12-14)11-7-8-5-3-2-4-6-8/h2-7,10H,1H3/p+1/b11-7+. The van der Waals surface area contributed by atoms with Gasteiger partial charge in [0.15, 0.2) is 0 Å². The average molecular weight is 203 g/mol. The largest absolute Gasteiger partial charge is 0.388 e. The summed E-state index contributed by atoms with van der Waals surface area (Å²) < 4.78 is 1.45. The molecular weight excluding hydrogens is 192 g/mol. The highest BCUT2D eigenvalue weighted by atomic mass is 15.7. The van der Waals surface area contributed by atoms with Crippen molar-refractivity contribution in [1.29, 1.82) is 0 Å². The molecule has 2 rings (SSSR count). The Bertz CT molecular complexity index is 473. The van der Waals surface area contributed by atoms with Gasteiger partial charge in [0.1, 0.15) is 5.21 Å². The van der Waals surface area contributed by atoms with Crippen LogP contribution in [-0.2, 0) is 7.05 Å². The maximum absolute atomic E-state index is 5.65. The minimum atomic E-state index is 0.377. The first-order valence-electron chi connectivity index (χ1n) is 4.44. The molecule has 0 amide bonds. The first kappa shape index (κ1) is 9.32. The minimum absolute atomic E-state index is 0.377. The molecule has 0 saturated heterocycles. The van der Waals surface area contributed by atoms with Gasteiger partial charge in [-0.15, -0.1) is 4.68 Å². The van der Waals surface area contributed by atoms with Gasteiger partial charge in [-0.1, -0.05) is 35.4 Å². The van der Waals surface area contributed by atoms with E-state index in [0.29, 0.717) is 5.95 Å². The Hall–Kier alpha value is -2.24. The van der Waals surface area contributed by atoms with Crippen LogP contribution in [0.2, 0.25) is 0 Å². The van der Waals surface area contributed by atoms with E-state index in [-0.39, 0.29) is 0 Å². The van der Waals surface area contributed by atoms with E-state index in [1.807, 2.05) is 30.3 Å². The third kappa shape index (κ3) is 1.98. The van der Waals surface area contributed by atoms with Crippen molar-refractivity contribution in [3.63, 3.8) is 0 Å². The summed E-state index contributed by atoms with van der Waals surface area (Å²) in [6.07, 6.45) is 1.67. The summed E-state index contributed by atoms with van der Waals surface area (Å²) in [6.45, 7) is 0. The van der Waals surface area contributed by atoms with E-state index in [4.69, 9.17) is 5.73 Å². The zero-order chi connectivity index (χ0) is 10.7. The molecule has 76 valence electrons. The van der Waals surface area contributed by atoms with Crippen molar-refractivity contribution < 1.29 is 4.68 Å². The van der Waals surface area contributed by atoms with E-state index in [1.165, 1.54) is 9.47 Å². The van der Waals surface area contributed by atoms with Crippen LogP contribution in [0.25, 0.3) is 0 Å². The topological polar surface area (TPSA) is 73.0 Å². The maximum Gasteiger partial charge on any atom is 0.388 e. The Morgan fingerprint density at radius 2 is 2.13 bits per heavy atom. The van der Waals surface area contributed by atoms with Gasteiger partial charge in [0, 0.05) is 4.79 Å². The second kappa shape index (κ2) is 3.87. The lowest BCUT2D eigenvalue weighted by atomic mass is 10.2. The Labute approximate surface area is 86.6 Å². The Morgan fingerprint density at radius 3 is 2.73 bits per heavy atom. The molecule has 0 fully saturated rings. The summed E-state index contributed by atoms with van der Waals surface area (Å²) in [4.78, 5) is 1.27. The van der Waals surface area contributed by atoms with E-state index in [1.54, 1.807) is 13.3 Å². The normalized spacial score (nSPS) is 11.0. The number of anilines is 1. The Morgan fingerprint density at radius 1 is 1.40 bits per heavy atom. The van der Waals surface area contributed by atoms with Crippen molar-refractivity contribution in [1.82, 2.24) is 15.2 Å². The molecule has 6 nitrogen and oxygen atoms in total. The quantitative estimate of drug-likeness (QED) is 0.531. The molecule has 0 bridgehead atoms. The van der Waals surface area contributed by atoms with Crippen LogP contribution in [0.5, 0.6) is 0 Å². The summed E-state index contributed by atoms with van der Waals surface area (Å²) in [5.41, 5.74) is 6.64. The fourth-order valence-electron chi connectivity index (χ4n) is 1.06. The smallest absolute Gasteiger partial charge is 0.304 e. The molecule has 0 radical (unpaired) electrons. The highest BCUT2D eigenvalue weighted by molar-refractivity contribution is 5.79. The molecule has 2 aromatic rings. The molecule has 6 heteroatoms. The number of hydrogen-bond acceptors (Lipinski definition) is 4. The fourth-order valence-corrected chi connectivity index (χ4v) is 1.06. The van der Waals surface area contributed by atoms with Gasteiger partial charge < -0.3 is 5.73 Å². The first-order valence-corrected chi connectivity index (χ1v) is 4.44. The number of nitrogens with two attached hydrogens (primary N) is 1. The molecule has 1 aromatic carbocycles. The second-order valence-electron chi connectivity index (χ2n) is 3.01. The van der Waals surface area contributed by atoms with E-state index in [0.717, 1.165) is 5.56 Å². The molecule has 0 atom stereocenters. The number of tetrazole rings is 1. The van der Waals surface area contributed by atoms with Crippen LogP contribution in [0.1, 0.15) is 5.56 Å². The van der Waals surface area contributed by atoms with E-state index < -0.39 is 0 Å². The zero-order valence-electron chi connectivity index (χ0n) is 8.28. The van der Waals surface area contributed by atoms with Gasteiger partial charge in [0.2, 0.25) is 0 Å². The Kier molecular flexibility index (Phi) is 2.40. The van der Waals surface area contributed by atoms with Crippen molar-refractivity contribution >= 4 is 12.2 Å². The number of nitrogen functional groups attached to an aromatic ring is 1. The summed E-state index contributed by atoms with van der Waals surface area (Å²) >= 11 is 0. The van der Waals surface area contributed by atoms with Crippen molar-refractivity contribution in [2.45, 2.75) is 0 Å². The third-order valence-electron chi connectivity index (χ3n) is 1.91. The number of aryl methyl sites for hydroxylation is 1. The molecule has 0 aliphatic heterocycles. The van der Waals surface area contributed by atoms with Crippen LogP contribution in [0.15, 0.2) is 35.4 Å². The molecule has 2 N–H and O–H groups in total. The molecule has 0 aliphatic carbocycles. The molecule has 0 unspecified atom stereocenters. The number of hydrogen-bond donors (Lipinski definition) is 1. The van der Waals surface area contributed by atoms with Crippen molar-refractivity contribution in [2.24, 2.45) is 12.1 Å². The fraction of sp³-hybridized carbons (Fsp3) is 0.111. The Balaban J connectivity index is 2.23. The number of rotatable bonds is 2. The van der Waals surface area contributed by atoms with Gasteiger partial charge in [-0.05, 0) is 5.56 Å². The van der Waals surface area contributed by atoms with Gasteiger partial charge in [-0.3, -0.25) is 0 Å². The lowest BCUT2D eigenvalue weighted by Crippen LogP contribution is -2.33. The molecule has 0 aliphatic rings. The highest BCUT2D eigenvalue weighted by Gasteiger charge is 2.10. The van der Waals surface area contributed by atoms with Crippen molar-refractivity contribution in [3.05, 3.63) is 35.9 Å². The van der Waals surface area contributed by atoms with Gasteiger partial charge in [0.25, 0.3) is 0 Å². The van der Waals surface area contributed by atoms with Crippen LogP contribution in [0, 0.1) is 0 Å². The van der Waals surface area contributed by atoms with E-state index in [9.17, 15) is 0 Å². The van der Waals surface area contributed by atoms with Crippen molar-refractivity contribution in [2.75, 3.05) is 5.73 Å². The zero-order valence-corrected chi connectivity index (χ0v) is 8.28. The monoisotopic (exact) mass is 203 g/mol. The predicted molar refractivity (Wildman–Crippen MR) is 55.0 cm³/mol. The highest BCUT2D eigenvalue weighted by Crippen LogP contribution is 1.95. The van der Waals surface area contributed by atoms with Gasteiger partial charge >= 0.3 is 5.95 Å². The lowest BCUT2D eigenvalue weighted by Gasteiger charge is -1.88. The molecule has 1 heterocycles. The second-order valence-corrected chi connectivity index (χ2v) is 3.01. The molecule has 1 aromatic heterocycles. The molecule has 0 saturated carbocycles. The van der Waals surface area contributed by atoms with Crippen LogP contribution >= 0.6 is 0 Å². The average Bonchev–Trinajstić information content (AvgIpc) is 2.59. The van der Waals surface area contributed by atoms with Crippen molar-refractivity contribution in [3.8, 4) is 0 Å². The minimum Gasteiger partial charge on any atom is -0.304 e. The summed E-state index contributed by atoms with van der Waals surface area (Å²) in [6, 6.07) is 9.70. The maximum atomic E-state index is 5.65. The molecule has 0 spiro atoms. The van der Waals surface area contributed by atoms with Gasteiger partial charge in [0.05, 0.1) is 18.5 Å². The van der Waals surface area contributed by atoms with Gasteiger partial charge in [-0.25, -0.2) is 0 Å². The van der Waals surface area contributed by atoms with Crippen LogP contribution < -0.4 is 10.4 Å². The molecule has 15 heavy (non-hydrogen) atoms. The van der Waals surface area contributed by atoms with Crippen LogP contribution in [-0.4, -0.2) is 21.4 Å². The summed E-state index contributed by atoms with van der Waals surface area (Å²) in [5, 5.41) is 11.5. The van der Waals surface area contributed by atoms with E-state index >= 15 is 0 Å². The predicted octanol–water partition coefficient (Wildman–Crippen LogP) is -0.433. The SMILES string of the molecule is C[n+]1nnn(/N=C/c2ccccc2)c1N. The van der Waals surface area contributed by atoms with Crippen LogP contribution in [0.3, 0.4) is 0 Å². The summed E-state index contributed by atoms with van der Waals surface area (Å²) in [7, 11) is 1.71. The third-order valence-corrected chi connectivity index (χ3v) is 1.91. The summed E-state index contributed by atoms with van der Waals surface area (Å²) in [5.74, 6) is 0.377. The lowest BCUT2D eigenvalue weighted by molar-refractivity contribution is -0.718. The number of benzene rings is 1. The van der Waals surface area contributed by atoms with E-state index in [2.05, 4.69) is 15.5 Å². The van der Waals surface area contributed by atoms with Crippen LogP contribution in [0.4, 0.5) is 5.95 Å². The molecular formula is C9H11N6+. The number of aromatic nitrogens is 4. The number of nitrogens with zero attached hydrogens (tertiary/aromatic N) is 5. The van der Waals surface area contributed by atoms with Gasteiger partial charge in [-0.2, -0.15) is 0 Å².